The summed E-state index contributed by atoms with van der Waals surface area (Å²) in [6.07, 6.45) is 4.02. The van der Waals surface area contributed by atoms with Crippen molar-refractivity contribution >= 4 is 34.4 Å². The van der Waals surface area contributed by atoms with E-state index in [0.717, 1.165) is 37.6 Å². The predicted octanol–water partition coefficient (Wildman–Crippen LogP) is 3.99. The van der Waals surface area contributed by atoms with Crippen molar-refractivity contribution in [3.05, 3.63) is 81.1 Å². The van der Waals surface area contributed by atoms with Gasteiger partial charge in [-0.05, 0) is 62.2 Å². The molecule has 3 aromatic rings. The first-order chi connectivity index (χ1) is 16.9. The van der Waals surface area contributed by atoms with Gasteiger partial charge >= 0.3 is 5.97 Å². The van der Waals surface area contributed by atoms with Crippen LogP contribution in [0.5, 0.6) is 0 Å². The number of aromatic nitrogens is 1. The molecule has 0 aliphatic carbocycles. The van der Waals surface area contributed by atoms with Crippen molar-refractivity contribution in [1.82, 2.24) is 15.6 Å². The van der Waals surface area contributed by atoms with Crippen molar-refractivity contribution < 1.29 is 14.3 Å². The third-order valence-corrected chi connectivity index (χ3v) is 6.68. The van der Waals surface area contributed by atoms with Crippen LogP contribution in [0.4, 0.5) is 0 Å². The molecule has 0 saturated carbocycles. The molecule has 4 rings (SSSR count). The molecule has 1 aliphatic heterocycles. The number of carbonyl (C=O) groups is 2. The molecular formula is C27H30ClN3O4. The Hall–Kier alpha value is -3.16. The second-order valence-corrected chi connectivity index (χ2v) is 9.43. The van der Waals surface area contributed by atoms with E-state index in [-0.39, 0.29) is 24.1 Å². The summed E-state index contributed by atoms with van der Waals surface area (Å²) in [4.78, 5) is 41.4. The number of hydrogen-bond acceptors (Lipinski definition) is 5. The van der Waals surface area contributed by atoms with Crippen molar-refractivity contribution in [1.29, 1.82) is 0 Å². The summed E-state index contributed by atoms with van der Waals surface area (Å²) in [7, 11) is 0. The monoisotopic (exact) mass is 495 g/mol. The van der Waals surface area contributed by atoms with Crippen molar-refractivity contribution in [3.63, 3.8) is 0 Å². The standard InChI is InChI=1S/C27H30ClN3O4/c1-17(22-8-3-2-6-14-29-22)35-27(34)24(31-26(33)18-10-12-20(28)13-11-18)15-19-16-25(32)30-23-9-5-4-7-21(19)23/h4-5,7,9-13,16-17,22,24,29H,2-3,6,8,14-15H2,1H3,(H,30,32)(H,31,33)/t17-,22?,24?/m0/s1. The molecule has 1 aromatic heterocycles. The van der Waals surface area contributed by atoms with Crippen LogP contribution in [0.15, 0.2) is 59.4 Å². The van der Waals surface area contributed by atoms with E-state index >= 15 is 0 Å². The molecule has 184 valence electrons. The van der Waals surface area contributed by atoms with Crippen LogP contribution in [0.1, 0.15) is 48.5 Å². The number of H-pyrrole nitrogens is 1. The summed E-state index contributed by atoms with van der Waals surface area (Å²) in [5.41, 5.74) is 1.43. The van der Waals surface area contributed by atoms with E-state index in [9.17, 15) is 14.4 Å². The van der Waals surface area contributed by atoms with Crippen LogP contribution in [0.2, 0.25) is 5.02 Å². The fourth-order valence-corrected chi connectivity index (χ4v) is 4.63. The van der Waals surface area contributed by atoms with Gasteiger partial charge in [0.25, 0.3) is 5.91 Å². The van der Waals surface area contributed by atoms with E-state index in [0.29, 0.717) is 21.7 Å². The average Bonchev–Trinajstić information content (AvgIpc) is 3.13. The van der Waals surface area contributed by atoms with Crippen LogP contribution in [0, 0.1) is 0 Å². The number of hydrogen-bond donors (Lipinski definition) is 3. The number of fused-ring (bicyclic) bond motifs is 1. The Labute approximate surface area is 209 Å². The molecule has 2 aromatic carbocycles. The van der Waals surface area contributed by atoms with Crippen molar-refractivity contribution in [2.24, 2.45) is 0 Å². The highest BCUT2D eigenvalue weighted by Crippen LogP contribution is 2.19. The minimum Gasteiger partial charge on any atom is -0.459 e. The molecule has 3 atom stereocenters. The zero-order chi connectivity index (χ0) is 24.8. The highest BCUT2D eigenvalue weighted by Gasteiger charge is 2.29. The Morgan fingerprint density at radius 3 is 2.69 bits per heavy atom. The molecule has 1 amide bonds. The summed E-state index contributed by atoms with van der Waals surface area (Å²) in [5, 5.41) is 7.59. The van der Waals surface area contributed by atoms with Gasteiger partial charge in [0.2, 0.25) is 5.56 Å². The quantitative estimate of drug-likeness (QED) is 0.430. The number of carbonyl (C=O) groups excluding carboxylic acids is 2. The first-order valence-electron chi connectivity index (χ1n) is 12.0. The lowest BCUT2D eigenvalue weighted by Crippen LogP contribution is -2.47. The predicted molar refractivity (Wildman–Crippen MR) is 137 cm³/mol. The molecular weight excluding hydrogens is 466 g/mol. The molecule has 1 aliphatic rings. The number of para-hydroxylation sites is 1. The van der Waals surface area contributed by atoms with Crippen molar-refractivity contribution in [2.45, 2.75) is 57.2 Å². The Balaban J connectivity index is 1.59. The van der Waals surface area contributed by atoms with Crippen LogP contribution in [0.3, 0.4) is 0 Å². The minimum atomic E-state index is -0.975. The van der Waals surface area contributed by atoms with E-state index in [1.807, 2.05) is 25.1 Å². The van der Waals surface area contributed by atoms with Gasteiger partial charge in [-0.3, -0.25) is 9.59 Å². The second kappa shape index (κ2) is 11.5. The highest BCUT2D eigenvalue weighted by atomic mass is 35.5. The second-order valence-electron chi connectivity index (χ2n) is 8.99. The number of aromatic amines is 1. The fourth-order valence-electron chi connectivity index (χ4n) is 4.51. The zero-order valence-electron chi connectivity index (χ0n) is 19.7. The van der Waals surface area contributed by atoms with Gasteiger partial charge in [0.15, 0.2) is 0 Å². The van der Waals surface area contributed by atoms with Crippen molar-refractivity contribution in [3.8, 4) is 0 Å². The van der Waals surface area contributed by atoms with E-state index in [1.165, 1.54) is 6.07 Å². The minimum absolute atomic E-state index is 0.0643. The van der Waals surface area contributed by atoms with E-state index < -0.39 is 17.9 Å². The number of pyridine rings is 1. The smallest absolute Gasteiger partial charge is 0.329 e. The Bertz CT molecular complexity index is 1230. The van der Waals surface area contributed by atoms with Gasteiger partial charge in [0, 0.05) is 40.0 Å². The van der Waals surface area contributed by atoms with E-state index in [1.54, 1.807) is 30.3 Å². The van der Waals surface area contributed by atoms with Gasteiger partial charge in [0.1, 0.15) is 12.1 Å². The zero-order valence-corrected chi connectivity index (χ0v) is 20.4. The Morgan fingerprint density at radius 2 is 1.89 bits per heavy atom. The first kappa shape index (κ1) is 24.9. The Morgan fingerprint density at radius 1 is 1.11 bits per heavy atom. The lowest BCUT2D eigenvalue weighted by Gasteiger charge is -2.26. The number of rotatable bonds is 7. The topological polar surface area (TPSA) is 100 Å². The molecule has 0 radical (unpaired) electrons. The van der Waals surface area contributed by atoms with Crippen LogP contribution in [-0.2, 0) is 16.0 Å². The van der Waals surface area contributed by atoms with Crippen LogP contribution in [0.25, 0.3) is 10.9 Å². The van der Waals surface area contributed by atoms with Crippen LogP contribution in [-0.4, -0.2) is 41.6 Å². The van der Waals surface area contributed by atoms with Gasteiger partial charge in [-0.1, -0.05) is 42.6 Å². The number of halogens is 1. The summed E-state index contributed by atoms with van der Waals surface area (Å²) >= 11 is 5.95. The molecule has 8 heteroatoms. The number of esters is 1. The molecule has 2 heterocycles. The fraction of sp³-hybridized carbons (Fsp3) is 0.370. The molecule has 0 bridgehead atoms. The SMILES string of the molecule is C[C@H](OC(=O)C(Cc1cc(=O)[nH]c2ccccc12)NC(=O)c1ccc(Cl)cc1)C1CCCCCN1. The third-order valence-electron chi connectivity index (χ3n) is 6.42. The maximum absolute atomic E-state index is 13.4. The average molecular weight is 496 g/mol. The Kier molecular flexibility index (Phi) is 8.21. The lowest BCUT2D eigenvalue weighted by atomic mass is 10.0. The van der Waals surface area contributed by atoms with E-state index in [4.69, 9.17) is 16.3 Å². The summed E-state index contributed by atoms with van der Waals surface area (Å²) < 4.78 is 5.85. The molecule has 0 spiro atoms. The molecule has 35 heavy (non-hydrogen) atoms. The first-order valence-corrected chi connectivity index (χ1v) is 12.4. The van der Waals surface area contributed by atoms with Crippen molar-refractivity contribution in [2.75, 3.05) is 6.54 Å². The van der Waals surface area contributed by atoms with Crippen LogP contribution >= 0.6 is 11.6 Å². The number of benzene rings is 2. The van der Waals surface area contributed by atoms with Gasteiger partial charge in [-0.2, -0.15) is 0 Å². The van der Waals surface area contributed by atoms with Gasteiger partial charge in [-0.15, -0.1) is 0 Å². The maximum Gasteiger partial charge on any atom is 0.329 e. The number of nitrogens with one attached hydrogen (secondary N) is 3. The molecule has 1 saturated heterocycles. The molecule has 2 unspecified atom stereocenters. The van der Waals surface area contributed by atoms with Crippen LogP contribution < -0.4 is 16.2 Å². The molecule has 1 fully saturated rings. The number of ether oxygens (including phenoxy) is 1. The normalized spacial score (nSPS) is 17.8. The molecule has 3 N–H and O–H groups in total. The highest BCUT2D eigenvalue weighted by molar-refractivity contribution is 6.30. The van der Waals surface area contributed by atoms with Gasteiger partial charge in [0.05, 0.1) is 0 Å². The summed E-state index contributed by atoms with van der Waals surface area (Å²) in [6.45, 7) is 2.77. The summed E-state index contributed by atoms with van der Waals surface area (Å²) in [5.74, 6) is -0.951. The number of amides is 1. The molecule has 7 nitrogen and oxygen atoms in total. The van der Waals surface area contributed by atoms with Gasteiger partial charge in [-0.25, -0.2) is 4.79 Å². The third kappa shape index (κ3) is 6.50. The largest absolute Gasteiger partial charge is 0.459 e. The van der Waals surface area contributed by atoms with Gasteiger partial charge < -0.3 is 20.4 Å². The van der Waals surface area contributed by atoms with E-state index in [2.05, 4.69) is 15.6 Å². The summed E-state index contributed by atoms with van der Waals surface area (Å²) in [6, 6.07) is 14.4. The maximum atomic E-state index is 13.4. The lowest BCUT2D eigenvalue weighted by molar-refractivity contribution is -0.152.